The Bertz CT molecular complexity index is 481. The van der Waals surface area contributed by atoms with Crippen LogP contribution in [0.25, 0.3) is 11.4 Å². The van der Waals surface area contributed by atoms with Gasteiger partial charge in [-0.3, -0.25) is 5.11 Å². The van der Waals surface area contributed by atoms with Crippen molar-refractivity contribution in [3.05, 3.63) is 23.3 Å². The molecule has 0 fully saturated rings. The van der Waals surface area contributed by atoms with Crippen molar-refractivity contribution in [1.82, 2.24) is 20.2 Å². The normalized spacial score (nSPS) is 10.6. The van der Waals surface area contributed by atoms with Crippen molar-refractivity contribution in [3.8, 4) is 17.1 Å². The Morgan fingerprint density at radius 3 is 2.27 bits per heavy atom. The molecule has 1 aromatic carbocycles. The Labute approximate surface area is 87.4 Å². The van der Waals surface area contributed by atoms with Crippen molar-refractivity contribution in [2.24, 2.45) is 7.05 Å². The van der Waals surface area contributed by atoms with Crippen molar-refractivity contribution in [3.63, 3.8) is 0 Å². The first kappa shape index (κ1) is 9.64. The van der Waals surface area contributed by atoms with Crippen LogP contribution in [0.5, 0.6) is 5.75 Å². The summed E-state index contributed by atoms with van der Waals surface area (Å²) in [5.41, 5.74) is 2.24. The quantitative estimate of drug-likeness (QED) is 0.707. The summed E-state index contributed by atoms with van der Waals surface area (Å²) in [6.07, 6.45) is 0. The van der Waals surface area contributed by atoms with E-state index in [4.69, 9.17) is 0 Å². The highest BCUT2D eigenvalue weighted by Crippen LogP contribution is 2.27. The lowest BCUT2D eigenvalue weighted by Crippen LogP contribution is -1.92. The molecular formula is C10H11N4O. The van der Waals surface area contributed by atoms with E-state index in [0.29, 0.717) is 17.0 Å². The molecule has 0 saturated carbocycles. The molecule has 0 spiro atoms. The molecule has 0 aliphatic heterocycles. The lowest BCUT2D eigenvalue weighted by Gasteiger charge is -2.02. The van der Waals surface area contributed by atoms with Crippen LogP contribution < -0.4 is 0 Å². The fraction of sp³-hybridized carbons (Fsp3) is 0.300. The lowest BCUT2D eigenvalue weighted by molar-refractivity contribution is 0.348. The van der Waals surface area contributed by atoms with E-state index in [1.807, 2.05) is 0 Å². The van der Waals surface area contributed by atoms with Gasteiger partial charge in [-0.15, -0.1) is 10.2 Å². The topological polar surface area (TPSA) is 63.5 Å². The number of tetrazole rings is 1. The molecule has 1 radical (unpaired) electrons. The number of rotatable bonds is 1. The van der Waals surface area contributed by atoms with Gasteiger partial charge < -0.3 is 0 Å². The molecule has 0 aliphatic rings. The zero-order chi connectivity index (χ0) is 11.0. The van der Waals surface area contributed by atoms with Gasteiger partial charge in [-0.1, -0.05) is 0 Å². The number of hydrogen-bond acceptors (Lipinski definition) is 3. The van der Waals surface area contributed by atoms with Gasteiger partial charge in [0, 0.05) is 5.56 Å². The Kier molecular flexibility index (Phi) is 2.15. The van der Waals surface area contributed by atoms with E-state index in [1.165, 1.54) is 4.80 Å². The third kappa shape index (κ3) is 1.68. The van der Waals surface area contributed by atoms with Crippen LogP contribution in [0.15, 0.2) is 12.1 Å². The van der Waals surface area contributed by atoms with Crippen molar-refractivity contribution < 1.29 is 5.11 Å². The highest BCUT2D eigenvalue weighted by molar-refractivity contribution is 5.60. The molecule has 0 bridgehead atoms. The Hall–Kier alpha value is -1.91. The number of hydrogen-bond donors (Lipinski definition) is 0. The Balaban J connectivity index is 2.55. The zero-order valence-electron chi connectivity index (χ0n) is 8.85. The molecule has 0 atom stereocenters. The van der Waals surface area contributed by atoms with Gasteiger partial charge in [-0.25, -0.2) is 0 Å². The molecule has 5 heteroatoms. The summed E-state index contributed by atoms with van der Waals surface area (Å²) in [6.45, 7) is 3.57. The van der Waals surface area contributed by atoms with Gasteiger partial charge in [-0.2, -0.15) is 4.80 Å². The molecule has 1 aromatic heterocycles. The standard InChI is InChI=1S/C10H11N4O/c1-6-4-8(5-7(2)9(6)15)10-11-13-14(3)12-10/h4-5H,1-3H3. The van der Waals surface area contributed by atoms with E-state index < -0.39 is 0 Å². The first-order chi connectivity index (χ1) is 7.08. The predicted molar refractivity (Wildman–Crippen MR) is 53.8 cm³/mol. The van der Waals surface area contributed by atoms with Gasteiger partial charge >= 0.3 is 0 Å². The number of aryl methyl sites for hydroxylation is 3. The lowest BCUT2D eigenvalue weighted by atomic mass is 10.1. The summed E-state index contributed by atoms with van der Waals surface area (Å²) in [5, 5.41) is 23.2. The van der Waals surface area contributed by atoms with Gasteiger partial charge in [-0.05, 0) is 42.3 Å². The number of nitrogens with zero attached hydrogens (tertiary/aromatic N) is 4. The minimum atomic E-state index is 0.0719. The largest absolute Gasteiger partial charge is 0.289 e. The summed E-state index contributed by atoms with van der Waals surface area (Å²) < 4.78 is 0. The maximum absolute atomic E-state index is 11.5. The molecule has 2 rings (SSSR count). The first-order valence-electron chi connectivity index (χ1n) is 4.60. The van der Waals surface area contributed by atoms with E-state index in [-0.39, 0.29) is 5.75 Å². The second-order valence-corrected chi connectivity index (χ2v) is 3.54. The Morgan fingerprint density at radius 2 is 1.80 bits per heavy atom. The van der Waals surface area contributed by atoms with E-state index in [2.05, 4.69) is 15.4 Å². The molecule has 77 valence electrons. The molecule has 5 nitrogen and oxygen atoms in total. The SMILES string of the molecule is Cc1cc(-c2nnn(C)n2)cc(C)c1[O]. The smallest absolute Gasteiger partial charge is 0.204 e. The number of benzene rings is 1. The Morgan fingerprint density at radius 1 is 1.20 bits per heavy atom. The van der Waals surface area contributed by atoms with Crippen LogP contribution in [0.3, 0.4) is 0 Å². The van der Waals surface area contributed by atoms with E-state index >= 15 is 0 Å². The molecule has 0 amide bonds. The minimum absolute atomic E-state index is 0.0719. The third-order valence-corrected chi connectivity index (χ3v) is 2.23. The highest BCUT2D eigenvalue weighted by Gasteiger charge is 2.10. The maximum Gasteiger partial charge on any atom is 0.204 e. The van der Waals surface area contributed by atoms with Crippen LogP contribution in [0.4, 0.5) is 0 Å². The summed E-state index contributed by atoms with van der Waals surface area (Å²) in [6, 6.07) is 3.57. The van der Waals surface area contributed by atoms with Crippen LogP contribution in [-0.2, 0) is 12.2 Å². The molecular weight excluding hydrogens is 192 g/mol. The van der Waals surface area contributed by atoms with Crippen molar-refractivity contribution in [1.29, 1.82) is 0 Å². The predicted octanol–water partition coefficient (Wildman–Crippen LogP) is 1.64. The zero-order valence-corrected chi connectivity index (χ0v) is 8.85. The summed E-state index contributed by atoms with van der Waals surface area (Å²) in [5.74, 6) is 0.617. The van der Waals surface area contributed by atoms with Gasteiger partial charge in [0.25, 0.3) is 0 Å². The monoisotopic (exact) mass is 203 g/mol. The van der Waals surface area contributed by atoms with Gasteiger partial charge in [0.05, 0.1) is 7.05 Å². The molecule has 2 aromatic rings. The van der Waals surface area contributed by atoms with Crippen molar-refractivity contribution >= 4 is 0 Å². The first-order valence-corrected chi connectivity index (χ1v) is 4.60. The fourth-order valence-electron chi connectivity index (χ4n) is 1.48. The van der Waals surface area contributed by atoms with Gasteiger partial charge in [0.1, 0.15) is 0 Å². The summed E-state index contributed by atoms with van der Waals surface area (Å²) >= 11 is 0. The molecule has 0 saturated heterocycles. The molecule has 15 heavy (non-hydrogen) atoms. The summed E-state index contributed by atoms with van der Waals surface area (Å²) in [7, 11) is 1.71. The van der Waals surface area contributed by atoms with E-state index in [0.717, 1.165) is 5.56 Å². The minimum Gasteiger partial charge on any atom is -0.289 e. The van der Waals surface area contributed by atoms with Crippen LogP contribution in [0.1, 0.15) is 11.1 Å². The van der Waals surface area contributed by atoms with Crippen LogP contribution >= 0.6 is 0 Å². The summed E-state index contributed by atoms with van der Waals surface area (Å²) in [4.78, 5) is 1.39. The molecule has 0 N–H and O–H groups in total. The highest BCUT2D eigenvalue weighted by atomic mass is 16.3. The molecule has 1 heterocycles. The van der Waals surface area contributed by atoms with Gasteiger partial charge in [0.2, 0.25) is 5.82 Å². The second kappa shape index (κ2) is 3.34. The fourth-order valence-corrected chi connectivity index (χ4v) is 1.48. The van der Waals surface area contributed by atoms with Crippen LogP contribution in [-0.4, -0.2) is 20.2 Å². The number of aromatic nitrogens is 4. The second-order valence-electron chi connectivity index (χ2n) is 3.54. The van der Waals surface area contributed by atoms with E-state index in [1.54, 1.807) is 33.0 Å². The van der Waals surface area contributed by atoms with Crippen molar-refractivity contribution in [2.45, 2.75) is 13.8 Å². The van der Waals surface area contributed by atoms with Crippen molar-refractivity contribution in [2.75, 3.05) is 0 Å². The van der Waals surface area contributed by atoms with Crippen LogP contribution in [0.2, 0.25) is 0 Å². The van der Waals surface area contributed by atoms with Crippen LogP contribution in [0, 0.1) is 13.8 Å². The molecule has 0 aliphatic carbocycles. The average molecular weight is 203 g/mol. The molecule has 0 unspecified atom stereocenters. The van der Waals surface area contributed by atoms with E-state index in [9.17, 15) is 5.11 Å². The van der Waals surface area contributed by atoms with Gasteiger partial charge in [0.15, 0.2) is 5.75 Å². The average Bonchev–Trinajstić information content (AvgIpc) is 2.60. The maximum atomic E-state index is 11.5. The third-order valence-electron chi connectivity index (χ3n) is 2.23.